The Bertz CT molecular complexity index is 408. The molecule has 0 N–H and O–H groups in total. The predicted octanol–water partition coefficient (Wildman–Crippen LogP) is 2.67. The van der Waals surface area contributed by atoms with Crippen LogP contribution >= 0.6 is 11.6 Å². The normalized spacial score (nSPS) is 24.1. The van der Waals surface area contributed by atoms with E-state index in [0.717, 1.165) is 5.56 Å². The molecule has 0 bridgehead atoms. The van der Waals surface area contributed by atoms with E-state index in [1.54, 1.807) is 0 Å². The Morgan fingerprint density at radius 2 is 1.83 bits per heavy atom. The first-order chi connectivity index (χ1) is 8.60. The maximum absolute atomic E-state index is 12.3. The molecule has 98 valence electrons. The lowest BCUT2D eigenvalue weighted by molar-refractivity contribution is -0.0586. The first-order valence-electron chi connectivity index (χ1n) is 6.19. The Balaban J connectivity index is 2.09. The molecule has 0 aromatic heterocycles. The highest BCUT2D eigenvalue weighted by molar-refractivity contribution is 6.17. The van der Waals surface area contributed by atoms with Crippen molar-refractivity contribution in [1.29, 1.82) is 0 Å². The van der Waals surface area contributed by atoms with Crippen LogP contribution in [0.4, 0.5) is 0 Å². The zero-order valence-corrected chi connectivity index (χ0v) is 11.5. The van der Waals surface area contributed by atoms with Crippen molar-refractivity contribution < 1.29 is 9.53 Å². The smallest absolute Gasteiger partial charge is 0.254 e. The van der Waals surface area contributed by atoms with Gasteiger partial charge in [-0.15, -0.1) is 11.6 Å². The molecular formula is C14H18ClNO2. The summed E-state index contributed by atoms with van der Waals surface area (Å²) in [4.78, 5) is 14.2. The molecule has 18 heavy (non-hydrogen) atoms. The largest absolute Gasteiger partial charge is 0.372 e. The molecule has 0 spiro atoms. The zero-order chi connectivity index (χ0) is 13.1. The van der Waals surface area contributed by atoms with Gasteiger partial charge in [0, 0.05) is 24.5 Å². The van der Waals surface area contributed by atoms with Gasteiger partial charge < -0.3 is 9.64 Å². The number of hydrogen-bond acceptors (Lipinski definition) is 2. The lowest BCUT2D eigenvalue weighted by atomic mass is 10.1. The van der Waals surface area contributed by atoms with Gasteiger partial charge in [-0.3, -0.25) is 4.79 Å². The van der Waals surface area contributed by atoms with Crippen molar-refractivity contribution in [2.75, 3.05) is 13.1 Å². The van der Waals surface area contributed by atoms with E-state index in [4.69, 9.17) is 16.3 Å². The van der Waals surface area contributed by atoms with Crippen LogP contribution in [0.1, 0.15) is 29.8 Å². The molecule has 0 radical (unpaired) electrons. The summed E-state index contributed by atoms with van der Waals surface area (Å²) in [5.74, 6) is 0.540. The van der Waals surface area contributed by atoms with Crippen LogP contribution in [0.25, 0.3) is 0 Å². The summed E-state index contributed by atoms with van der Waals surface area (Å²) >= 11 is 5.73. The average molecular weight is 268 g/mol. The van der Waals surface area contributed by atoms with Crippen LogP contribution in [-0.2, 0) is 10.6 Å². The van der Waals surface area contributed by atoms with Crippen molar-refractivity contribution in [3.63, 3.8) is 0 Å². The molecule has 1 aliphatic heterocycles. The predicted molar refractivity (Wildman–Crippen MR) is 71.9 cm³/mol. The Morgan fingerprint density at radius 1 is 1.28 bits per heavy atom. The van der Waals surface area contributed by atoms with E-state index >= 15 is 0 Å². The van der Waals surface area contributed by atoms with Crippen LogP contribution in [0, 0.1) is 0 Å². The van der Waals surface area contributed by atoms with E-state index in [-0.39, 0.29) is 18.1 Å². The van der Waals surface area contributed by atoms with Crippen molar-refractivity contribution in [2.45, 2.75) is 31.9 Å². The topological polar surface area (TPSA) is 29.5 Å². The van der Waals surface area contributed by atoms with Crippen molar-refractivity contribution in [2.24, 2.45) is 0 Å². The maximum atomic E-state index is 12.3. The monoisotopic (exact) mass is 267 g/mol. The molecule has 2 rings (SSSR count). The van der Waals surface area contributed by atoms with Crippen molar-refractivity contribution >= 4 is 17.5 Å². The summed E-state index contributed by atoms with van der Waals surface area (Å²) in [6.07, 6.45) is 0.194. The standard InChI is InChI=1S/C14H18ClNO2/c1-10-8-16(9-11(2)18-10)14(17)13-5-3-12(7-15)4-6-13/h3-6,10-11H,7-9H2,1-2H3. The van der Waals surface area contributed by atoms with Gasteiger partial charge in [-0.1, -0.05) is 12.1 Å². The van der Waals surface area contributed by atoms with Crippen LogP contribution < -0.4 is 0 Å². The Morgan fingerprint density at radius 3 is 2.33 bits per heavy atom. The molecule has 4 heteroatoms. The number of rotatable bonds is 2. The Hall–Kier alpha value is -1.06. The van der Waals surface area contributed by atoms with Gasteiger partial charge in [0.25, 0.3) is 5.91 Å². The molecule has 2 unspecified atom stereocenters. The third kappa shape index (κ3) is 3.03. The van der Waals surface area contributed by atoms with Gasteiger partial charge in [-0.2, -0.15) is 0 Å². The second-order valence-electron chi connectivity index (χ2n) is 4.80. The molecule has 0 aliphatic carbocycles. The lowest BCUT2D eigenvalue weighted by Crippen LogP contribution is -2.48. The van der Waals surface area contributed by atoms with Crippen molar-refractivity contribution in [3.8, 4) is 0 Å². The fourth-order valence-corrected chi connectivity index (χ4v) is 2.44. The number of hydrogen-bond donors (Lipinski definition) is 0. The maximum Gasteiger partial charge on any atom is 0.254 e. The van der Waals surface area contributed by atoms with Gasteiger partial charge in [-0.25, -0.2) is 0 Å². The summed E-state index contributed by atoms with van der Waals surface area (Å²) in [5.41, 5.74) is 1.74. The number of alkyl halides is 1. The summed E-state index contributed by atoms with van der Waals surface area (Å²) in [6, 6.07) is 7.47. The zero-order valence-electron chi connectivity index (χ0n) is 10.7. The van der Waals surface area contributed by atoms with Gasteiger partial charge in [0.15, 0.2) is 0 Å². The van der Waals surface area contributed by atoms with Crippen LogP contribution in [0.5, 0.6) is 0 Å². The average Bonchev–Trinajstić information content (AvgIpc) is 2.37. The third-order valence-corrected chi connectivity index (χ3v) is 3.37. The number of carbonyl (C=O) groups is 1. The molecule has 1 fully saturated rings. The minimum absolute atomic E-state index is 0.0677. The van der Waals surface area contributed by atoms with Gasteiger partial charge in [0.1, 0.15) is 0 Å². The Labute approximate surface area is 113 Å². The summed E-state index contributed by atoms with van der Waals surface area (Å²) in [7, 11) is 0. The molecule has 1 aliphatic rings. The fraction of sp³-hybridized carbons (Fsp3) is 0.500. The molecule has 2 atom stereocenters. The van der Waals surface area contributed by atoms with Crippen LogP contribution in [0.3, 0.4) is 0 Å². The molecule has 1 amide bonds. The minimum Gasteiger partial charge on any atom is -0.372 e. The highest BCUT2D eigenvalue weighted by Gasteiger charge is 2.26. The van der Waals surface area contributed by atoms with E-state index in [0.29, 0.717) is 24.5 Å². The minimum atomic E-state index is 0.0677. The highest BCUT2D eigenvalue weighted by atomic mass is 35.5. The third-order valence-electron chi connectivity index (χ3n) is 3.06. The number of amides is 1. The summed E-state index contributed by atoms with van der Waals surface area (Å²) in [5, 5.41) is 0. The van der Waals surface area contributed by atoms with Crippen molar-refractivity contribution in [3.05, 3.63) is 35.4 Å². The second kappa shape index (κ2) is 5.72. The summed E-state index contributed by atoms with van der Waals surface area (Å²) < 4.78 is 5.63. The molecular weight excluding hydrogens is 250 g/mol. The molecule has 3 nitrogen and oxygen atoms in total. The van der Waals surface area contributed by atoms with Gasteiger partial charge in [-0.05, 0) is 31.5 Å². The van der Waals surface area contributed by atoms with Crippen LogP contribution in [0.15, 0.2) is 24.3 Å². The van der Waals surface area contributed by atoms with Crippen molar-refractivity contribution in [1.82, 2.24) is 4.90 Å². The quantitative estimate of drug-likeness (QED) is 0.771. The fourth-order valence-electron chi connectivity index (χ4n) is 2.26. The summed E-state index contributed by atoms with van der Waals surface area (Å²) in [6.45, 7) is 5.29. The first-order valence-corrected chi connectivity index (χ1v) is 6.73. The number of ether oxygens (including phenoxy) is 1. The number of carbonyl (C=O) groups excluding carboxylic acids is 1. The first kappa shape index (κ1) is 13.4. The van der Waals surface area contributed by atoms with E-state index in [9.17, 15) is 4.79 Å². The van der Waals surface area contributed by atoms with E-state index in [1.165, 1.54) is 0 Å². The van der Waals surface area contributed by atoms with Gasteiger partial charge in [0.2, 0.25) is 0 Å². The molecule has 1 heterocycles. The van der Waals surface area contributed by atoms with Crippen LogP contribution in [-0.4, -0.2) is 36.1 Å². The van der Waals surface area contributed by atoms with E-state index < -0.39 is 0 Å². The van der Waals surface area contributed by atoms with Crippen LogP contribution in [0.2, 0.25) is 0 Å². The Kier molecular flexibility index (Phi) is 4.25. The van der Waals surface area contributed by atoms with E-state index in [2.05, 4.69) is 0 Å². The lowest BCUT2D eigenvalue weighted by Gasteiger charge is -2.35. The van der Waals surface area contributed by atoms with Gasteiger partial charge >= 0.3 is 0 Å². The molecule has 1 saturated heterocycles. The second-order valence-corrected chi connectivity index (χ2v) is 5.07. The number of nitrogens with zero attached hydrogens (tertiary/aromatic N) is 1. The molecule has 1 aromatic rings. The SMILES string of the molecule is CC1CN(C(=O)c2ccc(CCl)cc2)CC(C)O1. The number of halogens is 1. The number of morpholine rings is 1. The van der Waals surface area contributed by atoms with E-state index in [1.807, 2.05) is 43.0 Å². The molecule has 0 saturated carbocycles. The highest BCUT2D eigenvalue weighted by Crippen LogP contribution is 2.15. The number of benzene rings is 1. The molecule has 1 aromatic carbocycles. The van der Waals surface area contributed by atoms with Gasteiger partial charge in [0.05, 0.1) is 12.2 Å².